The molecule has 0 amide bonds. The second-order valence-corrected chi connectivity index (χ2v) is 10.7. The summed E-state index contributed by atoms with van der Waals surface area (Å²) in [4.78, 5) is 25.2. The Bertz CT molecular complexity index is 862. The van der Waals surface area contributed by atoms with Crippen LogP contribution in [0.5, 0.6) is 0 Å². The molecule has 0 spiro atoms. The highest BCUT2D eigenvalue weighted by atomic mass is 16.7. The van der Waals surface area contributed by atoms with Crippen molar-refractivity contribution in [3.8, 4) is 0 Å². The number of ether oxygens (including phenoxy) is 2. The molecule has 1 saturated heterocycles. The molecule has 170 valence electrons. The number of carbonyl (C=O) groups is 2. The van der Waals surface area contributed by atoms with Gasteiger partial charge in [0.05, 0.1) is 12.2 Å². The lowest BCUT2D eigenvalue weighted by Crippen LogP contribution is -2.63. The Morgan fingerprint density at radius 1 is 1.32 bits per heavy atom. The second-order valence-electron chi connectivity index (χ2n) is 10.7. The molecule has 0 radical (unpaired) electrons. The number of allylic oxidation sites excluding steroid dienone is 4. The first-order valence-electron chi connectivity index (χ1n) is 11.8. The van der Waals surface area contributed by atoms with Crippen LogP contribution in [0.25, 0.3) is 0 Å². The maximum Gasteiger partial charge on any atom is 0.193 e. The molecule has 1 aliphatic heterocycles. The predicted molar refractivity (Wildman–Crippen MR) is 113 cm³/mol. The van der Waals surface area contributed by atoms with Crippen molar-refractivity contribution < 1.29 is 29.3 Å². The standard InChI is InChI=1S/C25H34O6/c1-4-5-21-30-20-11-17-16-7-6-14-10-15(27)8-9-23(14,2)22(16)18(28)12-24(17,3)25(20,31-21)19(29)13-26/h8-10,16-18,20-22,26,28H,4-7,11-13H2,1-3H3/t16?,17?,18?,20?,21?,22?,23-,24?,25?/m0/s1. The van der Waals surface area contributed by atoms with Crippen molar-refractivity contribution in [3.63, 3.8) is 0 Å². The van der Waals surface area contributed by atoms with Gasteiger partial charge in [0.1, 0.15) is 6.61 Å². The fourth-order valence-corrected chi connectivity index (χ4v) is 8.12. The number of ketones is 2. The van der Waals surface area contributed by atoms with E-state index in [9.17, 15) is 19.8 Å². The molecule has 0 aromatic heterocycles. The van der Waals surface area contributed by atoms with Gasteiger partial charge in [-0.25, -0.2) is 0 Å². The normalized spacial score (nSPS) is 50.4. The molecule has 1 heterocycles. The number of Topliss-reactive ketones (excluding diaryl/α,β-unsaturated/α-hetero) is 1. The van der Waals surface area contributed by atoms with E-state index in [1.165, 1.54) is 0 Å². The third-order valence-corrected chi connectivity index (χ3v) is 9.37. The lowest BCUT2D eigenvalue weighted by molar-refractivity contribution is -0.200. The van der Waals surface area contributed by atoms with Crippen LogP contribution in [0.3, 0.4) is 0 Å². The summed E-state index contributed by atoms with van der Waals surface area (Å²) in [5.41, 5.74) is -1.05. The number of hydrogen-bond donors (Lipinski definition) is 2. The van der Waals surface area contributed by atoms with Gasteiger partial charge < -0.3 is 19.7 Å². The quantitative estimate of drug-likeness (QED) is 0.712. The minimum absolute atomic E-state index is 0.0125. The van der Waals surface area contributed by atoms with Crippen LogP contribution in [-0.2, 0) is 19.1 Å². The van der Waals surface area contributed by atoms with Crippen LogP contribution in [0.15, 0.2) is 23.8 Å². The Labute approximate surface area is 183 Å². The number of aliphatic hydroxyl groups is 2. The molecule has 3 saturated carbocycles. The number of rotatable bonds is 4. The topological polar surface area (TPSA) is 93.1 Å². The van der Waals surface area contributed by atoms with Crippen molar-refractivity contribution in [1.29, 1.82) is 0 Å². The average Bonchev–Trinajstić information content (AvgIpc) is 3.20. The predicted octanol–water partition coefficient (Wildman–Crippen LogP) is 2.72. The highest BCUT2D eigenvalue weighted by Gasteiger charge is 2.75. The van der Waals surface area contributed by atoms with Crippen molar-refractivity contribution in [3.05, 3.63) is 23.8 Å². The molecule has 6 heteroatoms. The van der Waals surface area contributed by atoms with Crippen molar-refractivity contribution in [2.45, 2.75) is 83.4 Å². The van der Waals surface area contributed by atoms with Crippen LogP contribution in [0, 0.1) is 28.6 Å². The van der Waals surface area contributed by atoms with E-state index in [1.54, 1.807) is 12.2 Å². The Morgan fingerprint density at radius 2 is 2.10 bits per heavy atom. The van der Waals surface area contributed by atoms with E-state index in [-0.39, 0.29) is 34.7 Å². The number of fused-ring (bicyclic) bond motifs is 7. The molecule has 5 aliphatic rings. The molecular formula is C25H34O6. The van der Waals surface area contributed by atoms with Crippen LogP contribution in [0.1, 0.15) is 59.3 Å². The number of carbonyl (C=O) groups excluding carboxylic acids is 2. The molecule has 31 heavy (non-hydrogen) atoms. The minimum Gasteiger partial charge on any atom is -0.393 e. The van der Waals surface area contributed by atoms with Gasteiger partial charge in [0, 0.05) is 16.7 Å². The van der Waals surface area contributed by atoms with Crippen LogP contribution in [-0.4, -0.2) is 52.5 Å². The summed E-state index contributed by atoms with van der Waals surface area (Å²) in [6.07, 6.45) is 8.31. The molecule has 0 bridgehead atoms. The Hall–Kier alpha value is -1.34. The van der Waals surface area contributed by atoms with Gasteiger partial charge in [-0.2, -0.15) is 0 Å². The van der Waals surface area contributed by atoms with E-state index in [4.69, 9.17) is 9.47 Å². The van der Waals surface area contributed by atoms with E-state index in [0.29, 0.717) is 19.3 Å². The van der Waals surface area contributed by atoms with E-state index >= 15 is 0 Å². The lowest BCUT2D eigenvalue weighted by atomic mass is 9.46. The Morgan fingerprint density at radius 3 is 2.81 bits per heavy atom. The summed E-state index contributed by atoms with van der Waals surface area (Å²) in [6.45, 7) is 5.67. The van der Waals surface area contributed by atoms with Gasteiger partial charge in [0.15, 0.2) is 23.5 Å². The molecule has 6 nitrogen and oxygen atoms in total. The third-order valence-electron chi connectivity index (χ3n) is 9.37. The molecule has 5 rings (SSSR count). The number of aliphatic hydroxyl groups excluding tert-OH is 2. The molecular weight excluding hydrogens is 396 g/mol. The summed E-state index contributed by atoms with van der Waals surface area (Å²) >= 11 is 0. The third kappa shape index (κ3) is 2.65. The first-order valence-corrected chi connectivity index (χ1v) is 11.8. The van der Waals surface area contributed by atoms with Gasteiger partial charge >= 0.3 is 0 Å². The van der Waals surface area contributed by atoms with Gasteiger partial charge in [-0.05, 0) is 56.1 Å². The molecule has 8 unspecified atom stereocenters. The summed E-state index contributed by atoms with van der Waals surface area (Å²) in [7, 11) is 0. The fraction of sp³-hybridized carbons (Fsp3) is 0.760. The molecule has 2 N–H and O–H groups in total. The monoisotopic (exact) mass is 430 g/mol. The Kier molecular flexibility index (Phi) is 4.91. The van der Waals surface area contributed by atoms with Gasteiger partial charge in [0.2, 0.25) is 0 Å². The van der Waals surface area contributed by atoms with Gasteiger partial charge in [-0.15, -0.1) is 0 Å². The van der Waals surface area contributed by atoms with E-state index in [2.05, 4.69) is 20.8 Å². The first kappa shape index (κ1) is 21.5. The lowest BCUT2D eigenvalue weighted by Gasteiger charge is -2.59. The molecule has 0 aromatic rings. The van der Waals surface area contributed by atoms with Crippen LogP contribution >= 0.6 is 0 Å². The molecule has 4 aliphatic carbocycles. The zero-order valence-electron chi connectivity index (χ0n) is 18.7. The maximum absolute atomic E-state index is 13.2. The van der Waals surface area contributed by atoms with Crippen molar-refractivity contribution in [1.82, 2.24) is 0 Å². The summed E-state index contributed by atoms with van der Waals surface area (Å²) in [5.74, 6) is 0.0274. The minimum atomic E-state index is -1.20. The van der Waals surface area contributed by atoms with Gasteiger partial charge in [0.25, 0.3) is 0 Å². The highest BCUT2D eigenvalue weighted by molar-refractivity contribution is 6.01. The zero-order valence-corrected chi connectivity index (χ0v) is 18.7. The van der Waals surface area contributed by atoms with Crippen LogP contribution < -0.4 is 0 Å². The fourth-order valence-electron chi connectivity index (χ4n) is 8.12. The van der Waals surface area contributed by atoms with Crippen molar-refractivity contribution >= 4 is 11.6 Å². The molecule has 0 aromatic carbocycles. The van der Waals surface area contributed by atoms with E-state index in [0.717, 1.165) is 24.8 Å². The first-order chi connectivity index (χ1) is 14.7. The smallest absolute Gasteiger partial charge is 0.193 e. The van der Waals surface area contributed by atoms with Crippen molar-refractivity contribution in [2.75, 3.05) is 6.61 Å². The van der Waals surface area contributed by atoms with Gasteiger partial charge in [-0.3, -0.25) is 9.59 Å². The maximum atomic E-state index is 13.2. The zero-order chi connectivity index (χ0) is 22.2. The largest absolute Gasteiger partial charge is 0.393 e. The number of hydrogen-bond acceptors (Lipinski definition) is 6. The van der Waals surface area contributed by atoms with E-state index in [1.807, 2.05) is 6.08 Å². The van der Waals surface area contributed by atoms with Crippen LogP contribution in [0.2, 0.25) is 0 Å². The van der Waals surface area contributed by atoms with Crippen molar-refractivity contribution in [2.24, 2.45) is 28.6 Å². The second kappa shape index (κ2) is 7.08. The Balaban J connectivity index is 1.55. The molecule has 9 atom stereocenters. The average molecular weight is 431 g/mol. The summed E-state index contributed by atoms with van der Waals surface area (Å²) < 4.78 is 12.7. The SMILES string of the molecule is CCCC1OC2CC3C4CCC5=CC(=O)C=C[C@]5(C)C4C(O)CC3(C)C2(C(=O)CO)O1. The van der Waals surface area contributed by atoms with Crippen LogP contribution in [0.4, 0.5) is 0 Å². The summed E-state index contributed by atoms with van der Waals surface area (Å²) in [5, 5.41) is 21.4. The molecule has 4 fully saturated rings. The summed E-state index contributed by atoms with van der Waals surface area (Å²) in [6, 6.07) is 0. The van der Waals surface area contributed by atoms with E-state index < -0.39 is 36.1 Å². The highest BCUT2D eigenvalue weighted by Crippen LogP contribution is 2.69. The van der Waals surface area contributed by atoms with Gasteiger partial charge in [-0.1, -0.05) is 38.8 Å².